The first-order valence-electron chi connectivity index (χ1n) is 9.96. The fourth-order valence-electron chi connectivity index (χ4n) is 3.15. The number of rotatable bonds is 8. The molecule has 0 aliphatic rings. The largest absolute Gasteiger partial charge is 0.497 e. The van der Waals surface area contributed by atoms with Gasteiger partial charge in [0, 0.05) is 34.7 Å². The van der Waals surface area contributed by atoms with Crippen molar-refractivity contribution in [3.8, 4) is 22.6 Å². The summed E-state index contributed by atoms with van der Waals surface area (Å²) in [5, 5.41) is 4.06. The molecule has 8 heteroatoms. The van der Waals surface area contributed by atoms with Gasteiger partial charge in [-0.05, 0) is 31.0 Å². The average molecular weight is 454 g/mol. The van der Waals surface area contributed by atoms with Crippen LogP contribution in [-0.2, 0) is 5.75 Å². The normalized spacial score (nSPS) is 11.1. The molecule has 0 aliphatic carbocycles. The molecular weight excluding hydrogens is 430 g/mol. The second-order valence-corrected chi connectivity index (χ2v) is 8.78. The minimum Gasteiger partial charge on any atom is -0.497 e. The van der Waals surface area contributed by atoms with Crippen LogP contribution in [0.25, 0.3) is 21.3 Å². The lowest BCUT2D eigenvalue weighted by atomic mass is 10.1. The number of pyridine rings is 1. The number of hydrogen-bond donors (Lipinski definition) is 1. The van der Waals surface area contributed by atoms with Gasteiger partial charge in [0.25, 0.3) is 0 Å². The summed E-state index contributed by atoms with van der Waals surface area (Å²) in [4.78, 5) is 25.7. The highest BCUT2D eigenvalue weighted by molar-refractivity contribution is 7.98. The Balaban J connectivity index is 1.63. The van der Waals surface area contributed by atoms with Gasteiger partial charge in [0.05, 0.1) is 19.1 Å². The zero-order chi connectivity index (χ0) is 21.8. The van der Waals surface area contributed by atoms with Crippen molar-refractivity contribution in [2.75, 3.05) is 13.7 Å². The third kappa shape index (κ3) is 4.75. The second-order valence-electron chi connectivity index (χ2n) is 6.96. The summed E-state index contributed by atoms with van der Waals surface area (Å²) >= 11 is 3.20. The van der Waals surface area contributed by atoms with Crippen LogP contribution in [-0.4, -0.2) is 28.7 Å². The van der Waals surface area contributed by atoms with Gasteiger partial charge in [0.1, 0.15) is 21.4 Å². The summed E-state index contributed by atoms with van der Waals surface area (Å²) in [6.07, 6.45) is 2.50. The minimum atomic E-state index is -0.110. The molecule has 31 heavy (non-hydrogen) atoms. The van der Waals surface area contributed by atoms with Gasteiger partial charge in [0.2, 0.25) is 5.43 Å². The zero-order valence-electron chi connectivity index (χ0n) is 17.6. The van der Waals surface area contributed by atoms with Crippen molar-refractivity contribution < 1.29 is 9.47 Å². The quantitative estimate of drug-likeness (QED) is 0.283. The number of benzene rings is 1. The molecule has 0 bridgehead atoms. The van der Waals surface area contributed by atoms with E-state index in [4.69, 9.17) is 14.5 Å². The zero-order valence-corrected chi connectivity index (χ0v) is 19.2. The van der Waals surface area contributed by atoms with E-state index in [1.54, 1.807) is 42.5 Å². The summed E-state index contributed by atoms with van der Waals surface area (Å²) in [7, 11) is 1.66. The van der Waals surface area contributed by atoms with Crippen LogP contribution in [0.1, 0.15) is 24.9 Å². The van der Waals surface area contributed by atoms with E-state index in [0.29, 0.717) is 18.1 Å². The van der Waals surface area contributed by atoms with Gasteiger partial charge >= 0.3 is 0 Å². The average Bonchev–Trinajstić information content (AvgIpc) is 3.20. The smallest absolute Gasteiger partial charge is 0.223 e. The number of thiophene rings is 1. The number of fused-ring (bicyclic) bond motifs is 1. The second kappa shape index (κ2) is 9.53. The molecule has 0 radical (unpaired) electrons. The van der Waals surface area contributed by atoms with E-state index >= 15 is 0 Å². The molecule has 1 N–H and O–H groups in total. The standard InChI is InChI=1S/C23H23N3O3S2/c1-4-9-29-20-11-24-16(10-19(20)27)12-30-22-21-18(13-31-23(21)26-14(2)25-22)15-5-7-17(28-3)8-6-15/h5-8,10-11,13H,4,9,12H2,1-3H3,(H,24,27). The van der Waals surface area contributed by atoms with Crippen LogP contribution in [0.15, 0.2) is 51.7 Å². The maximum atomic E-state index is 12.3. The fraction of sp³-hybridized carbons (Fsp3) is 0.261. The maximum Gasteiger partial charge on any atom is 0.223 e. The van der Waals surface area contributed by atoms with E-state index in [0.717, 1.165) is 50.1 Å². The first kappa shape index (κ1) is 21.4. The lowest BCUT2D eigenvalue weighted by Gasteiger charge is -2.08. The molecule has 0 unspecified atom stereocenters. The molecule has 160 valence electrons. The Morgan fingerprint density at radius 2 is 2.00 bits per heavy atom. The molecular formula is C23H23N3O3S2. The number of aromatic nitrogens is 3. The van der Waals surface area contributed by atoms with Gasteiger partial charge in [0.15, 0.2) is 5.75 Å². The Kier molecular flexibility index (Phi) is 6.58. The highest BCUT2D eigenvalue weighted by atomic mass is 32.2. The Morgan fingerprint density at radius 1 is 1.19 bits per heavy atom. The SMILES string of the molecule is CCCOc1c[nH]c(CSc2nc(C)nc3scc(-c4ccc(OC)cc4)c23)cc1=O. The summed E-state index contributed by atoms with van der Waals surface area (Å²) in [6.45, 7) is 4.44. The summed E-state index contributed by atoms with van der Waals surface area (Å²) in [6, 6.07) is 9.59. The topological polar surface area (TPSA) is 77.1 Å². The van der Waals surface area contributed by atoms with Crippen molar-refractivity contribution in [3.63, 3.8) is 0 Å². The van der Waals surface area contributed by atoms with Crippen LogP contribution in [0.3, 0.4) is 0 Å². The van der Waals surface area contributed by atoms with Crippen molar-refractivity contribution in [1.82, 2.24) is 15.0 Å². The van der Waals surface area contributed by atoms with E-state index in [2.05, 4.69) is 15.3 Å². The number of hydrogen-bond acceptors (Lipinski definition) is 7. The molecule has 1 aromatic carbocycles. The molecule has 4 rings (SSSR count). The van der Waals surface area contributed by atoms with Gasteiger partial charge in [-0.3, -0.25) is 4.79 Å². The van der Waals surface area contributed by atoms with E-state index in [1.165, 1.54) is 0 Å². The molecule has 0 saturated carbocycles. The van der Waals surface area contributed by atoms with Crippen molar-refractivity contribution >= 4 is 33.3 Å². The number of aryl methyl sites for hydroxylation is 1. The van der Waals surface area contributed by atoms with E-state index in [1.807, 2.05) is 38.1 Å². The molecule has 0 amide bonds. The van der Waals surface area contributed by atoms with E-state index in [-0.39, 0.29) is 5.43 Å². The van der Waals surface area contributed by atoms with Crippen molar-refractivity contribution in [2.45, 2.75) is 31.0 Å². The highest BCUT2D eigenvalue weighted by Gasteiger charge is 2.15. The van der Waals surface area contributed by atoms with E-state index in [9.17, 15) is 4.79 Å². The van der Waals surface area contributed by atoms with E-state index < -0.39 is 0 Å². The number of H-pyrrole nitrogens is 1. The van der Waals surface area contributed by atoms with Crippen molar-refractivity contribution in [2.24, 2.45) is 0 Å². The minimum absolute atomic E-state index is 0.110. The third-order valence-electron chi connectivity index (χ3n) is 4.68. The van der Waals surface area contributed by atoms with Crippen LogP contribution in [0.4, 0.5) is 0 Å². The molecule has 3 heterocycles. The molecule has 6 nitrogen and oxygen atoms in total. The molecule has 0 atom stereocenters. The predicted octanol–water partition coefficient (Wildman–Crippen LogP) is 5.44. The number of nitrogens with one attached hydrogen (secondary N) is 1. The van der Waals surface area contributed by atoms with Crippen LogP contribution in [0.2, 0.25) is 0 Å². The molecule has 0 fully saturated rings. The summed E-state index contributed by atoms with van der Waals surface area (Å²) in [5.74, 6) is 2.50. The summed E-state index contributed by atoms with van der Waals surface area (Å²) in [5.41, 5.74) is 2.90. The number of nitrogens with zero attached hydrogens (tertiary/aromatic N) is 2. The van der Waals surface area contributed by atoms with Crippen molar-refractivity contribution in [3.05, 3.63) is 63.7 Å². The van der Waals surface area contributed by atoms with Gasteiger partial charge in [-0.1, -0.05) is 30.8 Å². The first-order valence-corrected chi connectivity index (χ1v) is 11.8. The molecule has 0 aliphatic heterocycles. The van der Waals surface area contributed by atoms with Crippen LogP contribution in [0.5, 0.6) is 11.5 Å². The monoisotopic (exact) mass is 453 g/mol. The third-order valence-corrected chi connectivity index (χ3v) is 6.57. The Bertz CT molecular complexity index is 1250. The van der Waals surface area contributed by atoms with Crippen LogP contribution >= 0.6 is 23.1 Å². The lowest BCUT2D eigenvalue weighted by Crippen LogP contribution is -2.09. The highest BCUT2D eigenvalue weighted by Crippen LogP contribution is 2.39. The van der Waals surface area contributed by atoms with Gasteiger partial charge in [-0.2, -0.15) is 0 Å². The van der Waals surface area contributed by atoms with Gasteiger partial charge < -0.3 is 14.5 Å². The van der Waals surface area contributed by atoms with Crippen molar-refractivity contribution in [1.29, 1.82) is 0 Å². The van der Waals surface area contributed by atoms with Gasteiger partial charge in [-0.15, -0.1) is 11.3 Å². The van der Waals surface area contributed by atoms with Gasteiger partial charge in [-0.25, -0.2) is 9.97 Å². The predicted molar refractivity (Wildman–Crippen MR) is 127 cm³/mol. The maximum absolute atomic E-state index is 12.3. The summed E-state index contributed by atoms with van der Waals surface area (Å²) < 4.78 is 10.7. The fourth-order valence-corrected chi connectivity index (χ4v) is 5.22. The molecule has 3 aromatic heterocycles. The number of aromatic amines is 1. The van der Waals surface area contributed by atoms with Crippen LogP contribution < -0.4 is 14.9 Å². The molecule has 4 aromatic rings. The van der Waals surface area contributed by atoms with Crippen LogP contribution in [0, 0.1) is 6.92 Å². The number of methoxy groups -OCH3 is 1. The Morgan fingerprint density at radius 3 is 2.71 bits per heavy atom. The number of ether oxygens (including phenoxy) is 2. The first-order chi connectivity index (χ1) is 15.1. The Labute approximate surface area is 188 Å². The molecule has 0 spiro atoms. The molecule has 0 saturated heterocycles. The Hall–Kier alpha value is -2.84. The lowest BCUT2D eigenvalue weighted by molar-refractivity contribution is 0.313. The number of thioether (sulfide) groups is 1.